The Hall–Kier alpha value is -4.33. The molecular formula is C25H26N4O4. The number of aryl methyl sites for hydroxylation is 1. The SMILES string of the molecule is CCOc1ccccc1NC(=O)C(=O)N/N=C\c1cccc(OC)c1Nc1ccccc1C. The summed E-state index contributed by atoms with van der Waals surface area (Å²) in [6.07, 6.45) is 1.45. The first-order valence-electron chi connectivity index (χ1n) is 10.4. The zero-order chi connectivity index (χ0) is 23.6. The first-order valence-corrected chi connectivity index (χ1v) is 10.4. The number of hydrogen-bond donors (Lipinski definition) is 3. The van der Waals surface area contributed by atoms with Crippen molar-refractivity contribution in [1.29, 1.82) is 0 Å². The monoisotopic (exact) mass is 446 g/mol. The highest BCUT2D eigenvalue weighted by Gasteiger charge is 2.15. The molecule has 0 heterocycles. The van der Waals surface area contributed by atoms with Crippen molar-refractivity contribution in [1.82, 2.24) is 5.43 Å². The Balaban J connectivity index is 1.71. The topological polar surface area (TPSA) is 101 Å². The Morgan fingerprint density at radius 3 is 2.33 bits per heavy atom. The summed E-state index contributed by atoms with van der Waals surface area (Å²) in [5.74, 6) is -0.677. The van der Waals surface area contributed by atoms with Crippen LogP contribution in [0.15, 0.2) is 71.8 Å². The highest BCUT2D eigenvalue weighted by molar-refractivity contribution is 6.39. The van der Waals surface area contributed by atoms with Crippen LogP contribution >= 0.6 is 0 Å². The number of ether oxygens (including phenoxy) is 2. The third-order valence-electron chi connectivity index (χ3n) is 4.69. The van der Waals surface area contributed by atoms with Gasteiger partial charge in [-0.3, -0.25) is 9.59 Å². The van der Waals surface area contributed by atoms with E-state index in [1.807, 2.05) is 56.3 Å². The number of hydrazone groups is 1. The van der Waals surface area contributed by atoms with Gasteiger partial charge in [-0.05, 0) is 43.7 Å². The van der Waals surface area contributed by atoms with Gasteiger partial charge in [0.1, 0.15) is 11.5 Å². The van der Waals surface area contributed by atoms with Crippen LogP contribution in [0.25, 0.3) is 0 Å². The molecule has 3 rings (SSSR count). The Kier molecular flexibility index (Phi) is 8.02. The van der Waals surface area contributed by atoms with E-state index in [0.29, 0.717) is 35.0 Å². The molecule has 0 saturated heterocycles. The molecule has 0 bridgehead atoms. The Morgan fingerprint density at radius 2 is 1.61 bits per heavy atom. The molecule has 8 heteroatoms. The molecule has 0 fully saturated rings. The number of methoxy groups -OCH3 is 1. The first-order chi connectivity index (χ1) is 16.0. The van der Waals surface area contributed by atoms with Gasteiger partial charge in [0.2, 0.25) is 0 Å². The summed E-state index contributed by atoms with van der Waals surface area (Å²) in [6, 6.07) is 20.2. The molecule has 33 heavy (non-hydrogen) atoms. The highest BCUT2D eigenvalue weighted by Crippen LogP contribution is 2.31. The lowest BCUT2D eigenvalue weighted by molar-refractivity contribution is -0.136. The van der Waals surface area contributed by atoms with Gasteiger partial charge in [-0.15, -0.1) is 0 Å². The van der Waals surface area contributed by atoms with Gasteiger partial charge in [0.15, 0.2) is 0 Å². The maximum Gasteiger partial charge on any atom is 0.329 e. The van der Waals surface area contributed by atoms with Gasteiger partial charge in [-0.25, -0.2) is 5.43 Å². The molecule has 0 atom stereocenters. The maximum atomic E-state index is 12.3. The van der Waals surface area contributed by atoms with Crippen molar-refractivity contribution in [2.45, 2.75) is 13.8 Å². The predicted molar refractivity (Wildman–Crippen MR) is 129 cm³/mol. The standard InChI is InChI=1S/C25H26N4O4/c1-4-33-21-14-8-7-13-20(21)28-24(30)25(31)29-26-16-18-11-9-15-22(32-3)23(18)27-19-12-6-5-10-17(19)2/h5-16,27H,4H2,1-3H3,(H,28,30)(H,29,31)/b26-16-. The van der Waals surface area contributed by atoms with E-state index in [-0.39, 0.29) is 0 Å². The molecular weight excluding hydrogens is 420 g/mol. The highest BCUT2D eigenvalue weighted by atomic mass is 16.5. The summed E-state index contributed by atoms with van der Waals surface area (Å²) in [5.41, 5.74) is 5.97. The van der Waals surface area contributed by atoms with Gasteiger partial charge < -0.3 is 20.1 Å². The van der Waals surface area contributed by atoms with Crippen LogP contribution in [-0.2, 0) is 9.59 Å². The summed E-state index contributed by atoms with van der Waals surface area (Å²) < 4.78 is 10.9. The number of benzene rings is 3. The molecule has 170 valence electrons. The van der Waals surface area contributed by atoms with Gasteiger partial charge >= 0.3 is 11.8 Å². The Labute approximate surface area is 192 Å². The third kappa shape index (κ3) is 6.10. The molecule has 8 nitrogen and oxygen atoms in total. The second-order valence-corrected chi connectivity index (χ2v) is 6.95. The van der Waals surface area contributed by atoms with Crippen molar-refractivity contribution in [3.8, 4) is 11.5 Å². The number of nitrogens with one attached hydrogen (secondary N) is 3. The smallest absolute Gasteiger partial charge is 0.329 e. The van der Waals surface area contributed by atoms with Crippen LogP contribution in [0.4, 0.5) is 17.1 Å². The van der Waals surface area contributed by atoms with Crippen LogP contribution in [0.2, 0.25) is 0 Å². The second-order valence-electron chi connectivity index (χ2n) is 6.95. The van der Waals surface area contributed by atoms with Crippen LogP contribution in [0.3, 0.4) is 0 Å². The first kappa shape index (κ1) is 23.3. The lowest BCUT2D eigenvalue weighted by Crippen LogP contribution is -2.32. The summed E-state index contributed by atoms with van der Waals surface area (Å²) in [6.45, 7) is 4.26. The molecule has 3 aromatic rings. The molecule has 0 saturated carbocycles. The number of carbonyl (C=O) groups is 2. The number of rotatable bonds is 8. The Bertz CT molecular complexity index is 1160. The van der Waals surface area contributed by atoms with E-state index in [4.69, 9.17) is 9.47 Å². The van der Waals surface area contributed by atoms with E-state index in [9.17, 15) is 9.59 Å². The molecule has 0 aliphatic heterocycles. The lowest BCUT2D eigenvalue weighted by Gasteiger charge is -2.15. The summed E-state index contributed by atoms with van der Waals surface area (Å²) in [5, 5.41) is 9.83. The predicted octanol–water partition coefficient (Wildman–Crippen LogP) is 4.23. The molecule has 0 unspecified atom stereocenters. The van der Waals surface area contributed by atoms with Crippen molar-refractivity contribution in [2.75, 3.05) is 24.4 Å². The van der Waals surface area contributed by atoms with E-state index < -0.39 is 11.8 Å². The van der Waals surface area contributed by atoms with Gasteiger partial charge in [-0.1, -0.05) is 42.5 Å². The lowest BCUT2D eigenvalue weighted by atomic mass is 10.1. The average Bonchev–Trinajstić information content (AvgIpc) is 2.82. The maximum absolute atomic E-state index is 12.3. The van der Waals surface area contributed by atoms with Gasteiger partial charge in [0.05, 0.1) is 31.3 Å². The largest absolute Gasteiger partial charge is 0.495 e. The van der Waals surface area contributed by atoms with Gasteiger partial charge in [-0.2, -0.15) is 5.10 Å². The molecule has 0 spiro atoms. The van der Waals surface area contributed by atoms with Crippen molar-refractivity contribution in [3.63, 3.8) is 0 Å². The average molecular weight is 447 g/mol. The molecule has 2 amide bonds. The van der Waals surface area contributed by atoms with Crippen LogP contribution in [0, 0.1) is 6.92 Å². The molecule has 0 aromatic heterocycles. The van der Waals surface area contributed by atoms with E-state index >= 15 is 0 Å². The van der Waals surface area contributed by atoms with Crippen LogP contribution in [0.5, 0.6) is 11.5 Å². The minimum absolute atomic E-state index is 0.404. The molecule has 0 aliphatic rings. The zero-order valence-electron chi connectivity index (χ0n) is 18.7. The molecule has 0 radical (unpaired) electrons. The number of hydrogen-bond acceptors (Lipinski definition) is 6. The van der Waals surface area contributed by atoms with E-state index in [0.717, 1.165) is 11.3 Å². The van der Waals surface area contributed by atoms with Crippen LogP contribution < -0.4 is 25.5 Å². The summed E-state index contributed by atoms with van der Waals surface area (Å²) >= 11 is 0. The fraction of sp³-hybridized carbons (Fsp3) is 0.160. The molecule has 3 aromatic carbocycles. The van der Waals surface area contributed by atoms with Crippen LogP contribution in [-0.4, -0.2) is 31.7 Å². The van der Waals surface area contributed by atoms with E-state index in [1.54, 1.807) is 31.4 Å². The van der Waals surface area contributed by atoms with Crippen molar-refractivity contribution >= 4 is 35.1 Å². The van der Waals surface area contributed by atoms with Gasteiger partial charge in [0.25, 0.3) is 0 Å². The summed E-state index contributed by atoms with van der Waals surface area (Å²) in [4.78, 5) is 24.5. The normalized spacial score (nSPS) is 10.5. The van der Waals surface area contributed by atoms with Crippen LogP contribution in [0.1, 0.15) is 18.1 Å². The quantitative estimate of drug-likeness (QED) is 0.273. The fourth-order valence-corrected chi connectivity index (χ4v) is 3.05. The minimum atomic E-state index is -0.908. The number of nitrogens with zero attached hydrogens (tertiary/aromatic N) is 1. The Morgan fingerprint density at radius 1 is 0.909 bits per heavy atom. The second kappa shape index (κ2) is 11.3. The third-order valence-corrected chi connectivity index (χ3v) is 4.69. The number of carbonyl (C=O) groups excluding carboxylic acids is 2. The molecule has 0 aliphatic carbocycles. The van der Waals surface area contributed by atoms with E-state index in [2.05, 4.69) is 21.2 Å². The van der Waals surface area contributed by atoms with Crippen molar-refractivity contribution in [2.24, 2.45) is 5.10 Å². The number of anilines is 3. The van der Waals surface area contributed by atoms with Crippen molar-refractivity contribution < 1.29 is 19.1 Å². The van der Waals surface area contributed by atoms with Gasteiger partial charge in [0, 0.05) is 11.3 Å². The molecule has 3 N–H and O–H groups in total. The fourth-order valence-electron chi connectivity index (χ4n) is 3.05. The van der Waals surface area contributed by atoms with Crippen molar-refractivity contribution in [3.05, 3.63) is 77.9 Å². The number of amides is 2. The number of para-hydroxylation sites is 4. The minimum Gasteiger partial charge on any atom is -0.495 e. The zero-order valence-corrected chi connectivity index (χ0v) is 18.7. The van der Waals surface area contributed by atoms with E-state index in [1.165, 1.54) is 6.21 Å². The summed E-state index contributed by atoms with van der Waals surface area (Å²) in [7, 11) is 1.57.